The summed E-state index contributed by atoms with van der Waals surface area (Å²) in [5.74, 6) is 0.438. The Labute approximate surface area is 52.1 Å². The van der Waals surface area contributed by atoms with E-state index in [9.17, 15) is 0 Å². The van der Waals surface area contributed by atoms with Crippen molar-refractivity contribution < 1.29 is 9.84 Å². The van der Waals surface area contributed by atoms with Gasteiger partial charge in [-0.05, 0) is 0 Å². The Hall–Kier alpha value is -0.381. The zero-order valence-corrected chi connectivity index (χ0v) is 5.66. The third-order valence-electron chi connectivity index (χ3n) is 0.552. The Balaban J connectivity index is 2.50. The number of hydrogen-bond acceptors (Lipinski definition) is 4. The number of hydrogen-bond donors (Lipinski definition) is 1. The zero-order valence-electron chi connectivity index (χ0n) is 3.94. The maximum atomic E-state index is 8.17. The second-order valence-corrected chi connectivity index (χ2v) is 2.30. The molecule has 0 unspecified atom stereocenters. The van der Waals surface area contributed by atoms with E-state index >= 15 is 0 Å². The molecule has 0 fully saturated rings. The molecule has 0 bridgehead atoms. The van der Waals surface area contributed by atoms with Gasteiger partial charge in [-0.1, -0.05) is 0 Å². The molecule has 5 heteroatoms. The molecular formula is C3H4N2O2Se. The molecule has 8 heavy (non-hydrogen) atoms. The molecule has 0 aliphatic carbocycles. The van der Waals surface area contributed by atoms with Crippen LogP contribution < -0.4 is 4.74 Å². The first-order chi connectivity index (χ1) is 3.93. The van der Waals surface area contributed by atoms with E-state index in [0.717, 1.165) is 0 Å². The van der Waals surface area contributed by atoms with E-state index in [4.69, 9.17) is 5.11 Å². The monoisotopic (exact) mass is 180 g/mol. The summed E-state index contributed by atoms with van der Waals surface area (Å²) in [6.45, 7) is -0.319. The van der Waals surface area contributed by atoms with Gasteiger partial charge in [-0.15, -0.1) is 0 Å². The fourth-order valence-electron chi connectivity index (χ4n) is 0.285. The van der Waals surface area contributed by atoms with Crippen LogP contribution in [-0.4, -0.2) is 35.8 Å². The van der Waals surface area contributed by atoms with Crippen molar-refractivity contribution in [2.45, 2.75) is 0 Å². The summed E-state index contributed by atoms with van der Waals surface area (Å²) in [6, 6.07) is 0. The standard InChI is InChI=1S/C3H4N2O2Se/c6-2-7-3-1-8-5-4-3/h1,6H,2H2. The van der Waals surface area contributed by atoms with E-state index in [1.165, 1.54) is 0 Å². The predicted molar refractivity (Wildman–Crippen MR) is 26.7 cm³/mol. The van der Waals surface area contributed by atoms with E-state index in [1.54, 1.807) is 4.94 Å². The summed E-state index contributed by atoms with van der Waals surface area (Å²) in [4.78, 5) is 1.75. The zero-order chi connectivity index (χ0) is 5.82. The quantitative estimate of drug-likeness (QED) is 0.460. The molecule has 0 spiro atoms. The fourth-order valence-corrected chi connectivity index (χ4v) is 1.08. The van der Waals surface area contributed by atoms with Crippen molar-refractivity contribution in [2.75, 3.05) is 6.79 Å². The molecule has 4 nitrogen and oxygen atoms in total. The maximum absolute atomic E-state index is 8.17. The Morgan fingerprint density at radius 1 is 1.88 bits per heavy atom. The third-order valence-corrected chi connectivity index (χ3v) is 1.57. The van der Waals surface area contributed by atoms with Gasteiger partial charge in [0.25, 0.3) is 0 Å². The van der Waals surface area contributed by atoms with Crippen LogP contribution in [0.15, 0.2) is 4.94 Å². The van der Waals surface area contributed by atoms with Crippen molar-refractivity contribution in [1.82, 2.24) is 9.19 Å². The molecule has 0 atom stereocenters. The van der Waals surface area contributed by atoms with Gasteiger partial charge in [0, 0.05) is 0 Å². The Morgan fingerprint density at radius 2 is 2.75 bits per heavy atom. The second kappa shape index (κ2) is 2.81. The molecule has 1 aromatic rings. The van der Waals surface area contributed by atoms with Crippen LogP contribution in [0.2, 0.25) is 0 Å². The van der Waals surface area contributed by atoms with Gasteiger partial charge in [0.05, 0.1) is 0 Å². The van der Waals surface area contributed by atoms with Gasteiger partial charge in [0.15, 0.2) is 0 Å². The van der Waals surface area contributed by atoms with E-state index in [1.807, 2.05) is 0 Å². The molecule has 1 heterocycles. The van der Waals surface area contributed by atoms with Crippen molar-refractivity contribution in [2.24, 2.45) is 0 Å². The molecule has 0 amide bonds. The second-order valence-electron chi connectivity index (χ2n) is 1.02. The van der Waals surface area contributed by atoms with Gasteiger partial charge < -0.3 is 0 Å². The van der Waals surface area contributed by atoms with Crippen molar-refractivity contribution in [3.63, 3.8) is 0 Å². The number of rotatable bonds is 2. The molecule has 0 saturated carbocycles. The van der Waals surface area contributed by atoms with Crippen LogP contribution in [0.1, 0.15) is 0 Å². The minimum absolute atomic E-state index is 0.102. The van der Waals surface area contributed by atoms with Crippen molar-refractivity contribution >= 4 is 14.7 Å². The number of ether oxygens (including phenoxy) is 1. The van der Waals surface area contributed by atoms with Gasteiger partial charge in [0.1, 0.15) is 0 Å². The number of aliphatic hydroxyl groups excluding tert-OH is 1. The molecular weight excluding hydrogens is 175 g/mol. The first-order valence-electron chi connectivity index (χ1n) is 1.94. The van der Waals surface area contributed by atoms with Gasteiger partial charge in [-0.3, -0.25) is 0 Å². The normalized spacial score (nSPS) is 9.12. The van der Waals surface area contributed by atoms with Crippen LogP contribution >= 0.6 is 0 Å². The molecule has 1 rings (SSSR count). The first kappa shape index (κ1) is 5.75. The molecule has 0 saturated heterocycles. The molecule has 1 N–H and O–H groups in total. The van der Waals surface area contributed by atoms with Crippen LogP contribution in [0.5, 0.6) is 5.88 Å². The van der Waals surface area contributed by atoms with Crippen LogP contribution in [0.3, 0.4) is 0 Å². The summed E-state index contributed by atoms with van der Waals surface area (Å²) in [7, 11) is 0. The van der Waals surface area contributed by atoms with Crippen LogP contribution in [0.4, 0.5) is 0 Å². The SMILES string of the molecule is OCOc1c[se]nn1. The summed E-state index contributed by atoms with van der Waals surface area (Å²) >= 11 is 0.102. The summed E-state index contributed by atoms with van der Waals surface area (Å²) in [5, 5.41) is 11.7. The van der Waals surface area contributed by atoms with Gasteiger partial charge in [-0.25, -0.2) is 0 Å². The fraction of sp³-hybridized carbons (Fsp3) is 0.333. The molecule has 44 valence electrons. The average Bonchev–Trinajstić information content (AvgIpc) is 2.19. The van der Waals surface area contributed by atoms with Crippen LogP contribution in [0, 0.1) is 0 Å². The summed E-state index contributed by atoms with van der Waals surface area (Å²) < 4.78 is 8.22. The predicted octanol–water partition coefficient (Wildman–Crippen LogP) is -1.14. The molecule has 0 radical (unpaired) electrons. The topological polar surface area (TPSA) is 55.2 Å². The van der Waals surface area contributed by atoms with E-state index in [-0.39, 0.29) is 21.5 Å². The Kier molecular flexibility index (Phi) is 2.02. The first-order valence-corrected chi connectivity index (χ1v) is 3.69. The summed E-state index contributed by atoms with van der Waals surface area (Å²) in [5.41, 5.74) is 0. The number of nitrogens with zero attached hydrogens (tertiary/aromatic N) is 2. The van der Waals surface area contributed by atoms with Gasteiger partial charge in [-0.2, -0.15) is 0 Å². The third kappa shape index (κ3) is 1.30. The van der Waals surface area contributed by atoms with Crippen molar-refractivity contribution in [1.29, 1.82) is 0 Å². The van der Waals surface area contributed by atoms with Gasteiger partial charge in [0.2, 0.25) is 0 Å². The minimum atomic E-state index is -0.319. The van der Waals surface area contributed by atoms with Crippen molar-refractivity contribution in [3.05, 3.63) is 4.94 Å². The molecule has 0 aliphatic heterocycles. The van der Waals surface area contributed by atoms with E-state index in [0.29, 0.717) is 5.88 Å². The average molecular weight is 179 g/mol. The number of aromatic nitrogens is 2. The Morgan fingerprint density at radius 3 is 3.25 bits per heavy atom. The van der Waals surface area contributed by atoms with Crippen LogP contribution in [-0.2, 0) is 0 Å². The van der Waals surface area contributed by atoms with Crippen molar-refractivity contribution in [3.8, 4) is 5.88 Å². The molecule has 0 aliphatic rings. The van der Waals surface area contributed by atoms with E-state index in [2.05, 4.69) is 13.9 Å². The van der Waals surface area contributed by atoms with Crippen LogP contribution in [0.25, 0.3) is 0 Å². The Bertz CT molecular complexity index is 141. The molecule has 1 aromatic heterocycles. The molecule has 0 aromatic carbocycles. The van der Waals surface area contributed by atoms with Gasteiger partial charge >= 0.3 is 51.4 Å². The number of aliphatic hydroxyl groups is 1. The van der Waals surface area contributed by atoms with E-state index < -0.39 is 0 Å². The summed E-state index contributed by atoms with van der Waals surface area (Å²) in [6.07, 6.45) is 0.